The summed E-state index contributed by atoms with van der Waals surface area (Å²) in [6, 6.07) is 17.4. The minimum absolute atomic E-state index is 0.172. The second-order valence-electron chi connectivity index (χ2n) is 4.95. The molecule has 2 aromatic rings. The predicted octanol–water partition coefficient (Wildman–Crippen LogP) is 2.68. The molecule has 0 saturated carbocycles. The molecule has 2 aromatic carbocycles. The van der Waals surface area contributed by atoms with Crippen molar-refractivity contribution in [2.45, 2.75) is 19.4 Å². The van der Waals surface area contributed by atoms with Gasteiger partial charge in [-0.25, -0.2) is 0 Å². The lowest BCUT2D eigenvalue weighted by molar-refractivity contribution is -0.121. The van der Waals surface area contributed by atoms with Gasteiger partial charge in [-0.05, 0) is 18.1 Å². The molecule has 0 radical (unpaired) electrons. The predicted molar refractivity (Wildman–Crippen MR) is 89.0 cm³/mol. The summed E-state index contributed by atoms with van der Waals surface area (Å²) in [4.78, 5) is 12.5. The van der Waals surface area contributed by atoms with Crippen molar-refractivity contribution >= 4 is 23.1 Å². The van der Waals surface area contributed by atoms with Crippen LogP contribution in [0.15, 0.2) is 54.6 Å². The number of rotatable bonds is 5. The minimum Gasteiger partial charge on any atom is -0.392 e. The fourth-order valence-corrected chi connectivity index (χ4v) is 2.33. The smallest absolute Gasteiger partial charge is 0.234 e. The van der Waals surface area contributed by atoms with E-state index in [2.05, 4.69) is 5.32 Å². The lowest BCUT2D eigenvalue weighted by Gasteiger charge is -2.16. The first-order valence-electron chi connectivity index (χ1n) is 6.75. The van der Waals surface area contributed by atoms with E-state index in [0.717, 1.165) is 11.1 Å². The van der Waals surface area contributed by atoms with Crippen LogP contribution in [0.1, 0.15) is 22.6 Å². The molecule has 1 amide bonds. The highest BCUT2D eigenvalue weighted by atomic mass is 32.1. The molecule has 1 atom stereocenters. The molecule has 1 unspecified atom stereocenters. The average Bonchev–Trinajstić information content (AvgIpc) is 2.47. The number of thiocarbonyl (C=S) groups is 1. The zero-order valence-corrected chi connectivity index (χ0v) is 12.7. The van der Waals surface area contributed by atoms with Crippen LogP contribution in [0.4, 0.5) is 0 Å². The van der Waals surface area contributed by atoms with Crippen LogP contribution in [-0.4, -0.2) is 10.9 Å². The van der Waals surface area contributed by atoms with Gasteiger partial charge in [-0.3, -0.25) is 4.79 Å². The highest BCUT2D eigenvalue weighted by Crippen LogP contribution is 2.16. The molecule has 0 aliphatic carbocycles. The lowest BCUT2D eigenvalue weighted by atomic mass is 9.98. The molecule has 4 heteroatoms. The molecule has 0 aliphatic rings. The lowest BCUT2D eigenvalue weighted by Crippen LogP contribution is -2.35. The van der Waals surface area contributed by atoms with Crippen molar-refractivity contribution in [1.82, 2.24) is 5.32 Å². The van der Waals surface area contributed by atoms with Gasteiger partial charge in [0.15, 0.2) is 0 Å². The largest absolute Gasteiger partial charge is 0.392 e. The van der Waals surface area contributed by atoms with Crippen molar-refractivity contribution in [2.24, 2.45) is 5.73 Å². The summed E-state index contributed by atoms with van der Waals surface area (Å²) in [5.74, 6) is -0.763. The molecule has 0 saturated heterocycles. The van der Waals surface area contributed by atoms with Crippen molar-refractivity contribution in [3.8, 4) is 0 Å². The Bertz CT molecular complexity index is 623. The monoisotopic (exact) mass is 298 g/mol. The van der Waals surface area contributed by atoms with Crippen molar-refractivity contribution in [1.29, 1.82) is 0 Å². The Hall–Kier alpha value is -2.20. The summed E-state index contributed by atoms with van der Waals surface area (Å²) in [5, 5.41) is 2.89. The van der Waals surface area contributed by atoms with Crippen molar-refractivity contribution < 1.29 is 4.79 Å². The molecule has 0 aliphatic heterocycles. The van der Waals surface area contributed by atoms with Gasteiger partial charge in [-0.1, -0.05) is 72.4 Å². The van der Waals surface area contributed by atoms with Crippen LogP contribution < -0.4 is 11.1 Å². The number of hydrogen-bond acceptors (Lipinski definition) is 2. The van der Waals surface area contributed by atoms with Crippen LogP contribution in [0.2, 0.25) is 0 Å². The van der Waals surface area contributed by atoms with Crippen LogP contribution >= 0.6 is 12.2 Å². The van der Waals surface area contributed by atoms with Gasteiger partial charge in [0.1, 0.15) is 5.92 Å². The van der Waals surface area contributed by atoms with E-state index in [9.17, 15) is 4.79 Å². The third-order valence-corrected chi connectivity index (χ3v) is 3.50. The zero-order chi connectivity index (χ0) is 15.2. The summed E-state index contributed by atoms with van der Waals surface area (Å²) >= 11 is 5.04. The summed E-state index contributed by atoms with van der Waals surface area (Å²) in [6.45, 7) is 2.49. The summed E-state index contributed by atoms with van der Waals surface area (Å²) in [5.41, 5.74) is 8.78. The summed E-state index contributed by atoms with van der Waals surface area (Å²) in [6.07, 6.45) is 0. The standard InChI is InChI=1S/C17H18N2OS/c1-12-7-9-13(10-8-12)11-19-17(20)15(16(18)21)14-5-3-2-4-6-14/h2-10,15H,11H2,1H3,(H2,18,21)(H,19,20). The topological polar surface area (TPSA) is 55.1 Å². The quantitative estimate of drug-likeness (QED) is 0.835. The van der Waals surface area contributed by atoms with E-state index in [1.807, 2.05) is 61.5 Å². The van der Waals surface area contributed by atoms with Gasteiger partial charge < -0.3 is 11.1 Å². The van der Waals surface area contributed by atoms with Gasteiger partial charge in [-0.2, -0.15) is 0 Å². The number of carbonyl (C=O) groups excluding carboxylic acids is 1. The molecule has 0 fully saturated rings. The first-order chi connectivity index (χ1) is 10.1. The number of nitrogens with two attached hydrogens (primary N) is 1. The molecular formula is C17H18N2OS. The number of nitrogens with one attached hydrogen (secondary N) is 1. The summed E-state index contributed by atoms with van der Waals surface area (Å²) in [7, 11) is 0. The first-order valence-corrected chi connectivity index (χ1v) is 7.16. The van der Waals surface area contributed by atoms with Crippen LogP contribution in [0.25, 0.3) is 0 Å². The fraction of sp³-hybridized carbons (Fsp3) is 0.176. The molecular weight excluding hydrogens is 280 g/mol. The molecule has 108 valence electrons. The second-order valence-corrected chi connectivity index (χ2v) is 5.42. The maximum absolute atomic E-state index is 12.3. The summed E-state index contributed by atoms with van der Waals surface area (Å²) < 4.78 is 0. The molecule has 0 aromatic heterocycles. The van der Waals surface area contributed by atoms with Crippen molar-refractivity contribution in [3.63, 3.8) is 0 Å². The fourth-order valence-electron chi connectivity index (χ4n) is 2.09. The normalized spacial score (nSPS) is 11.7. The van der Waals surface area contributed by atoms with E-state index >= 15 is 0 Å². The van der Waals surface area contributed by atoms with E-state index in [1.165, 1.54) is 5.56 Å². The maximum atomic E-state index is 12.3. The van der Waals surface area contributed by atoms with Gasteiger partial charge in [0, 0.05) is 6.54 Å². The van der Waals surface area contributed by atoms with E-state index in [-0.39, 0.29) is 10.9 Å². The van der Waals surface area contributed by atoms with E-state index in [0.29, 0.717) is 6.54 Å². The highest BCUT2D eigenvalue weighted by molar-refractivity contribution is 7.80. The Morgan fingerprint density at radius 3 is 2.33 bits per heavy atom. The minimum atomic E-state index is -0.591. The number of benzene rings is 2. The number of amides is 1. The van der Waals surface area contributed by atoms with E-state index < -0.39 is 5.92 Å². The zero-order valence-electron chi connectivity index (χ0n) is 11.9. The van der Waals surface area contributed by atoms with Crippen molar-refractivity contribution in [2.75, 3.05) is 0 Å². The molecule has 0 heterocycles. The van der Waals surface area contributed by atoms with Gasteiger partial charge in [-0.15, -0.1) is 0 Å². The molecule has 3 N–H and O–H groups in total. The van der Waals surface area contributed by atoms with Crippen molar-refractivity contribution in [3.05, 3.63) is 71.3 Å². The van der Waals surface area contributed by atoms with E-state index in [4.69, 9.17) is 18.0 Å². The molecule has 0 bridgehead atoms. The van der Waals surface area contributed by atoms with Gasteiger partial charge in [0.2, 0.25) is 5.91 Å². The Kier molecular flexibility index (Phi) is 5.06. The average molecular weight is 298 g/mol. The van der Waals surface area contributed by atoms with Crippen LogP contribution in [0.3, 0.4) is 0 Å². The third kappa shape index (κ3) is 4.13. The van der Waals surface area contributed by atoms with Crippen LogP contribution in [-0.2, 0) is 11.3 Å². The highest BCUT2D eigenvalue weighted by Gasteiger charge is 2.22. The van der Waals surface area contributed by atoms with E-state index in [1.54, 1.807) is 0 Å². The molecule has 2 rings (SSSR count). The third-order valence-electron chi connectivity index (χ3n) is 3.27. The SMILES string of the molecule is Cc1ccc(CNC(=O)C(C(N)=S)c2ccccc2)cc1. The first kappa shape index (κ1) is 15.2. The Balaban J connectivity index is 2.06. The van der Waals surface area contributed by atoms with Crippen LogP contribution in [0.5, 0.6) is 0 Å². The maximum Gasteiger partial charge on any atom is 0.234 e. The molecule has 21 heavy (non-hydrogen) atoms. The van der Waals surface area contributed by atoms with Gasteiger partial charge in [0.05, 0.1) is 4.99 Å². The number of hydrogen-bond donors (Lipinski definition) is 2. The Labute approximate surface area is 130 Å². The number of aryl methyl sites for hydroxylation is 1. The molecule has 3 nitrogen and oxygen atoms in total. The van der Waals surface area contributed by atoms with Crippen LogP contribution in [0, 0.1) is 6.92 Å². The van der Waals surface area contributed by atoms with Gasteiger partial charge in [0.25, 0.3) is 0 Å². The van der Waals surface area contributed by atoms with Gasteiger partial charge >= 0.3 is 0 Å². The molecule has 0 spiro atoms. The Morgan fingerprint density at radius 2 is 1.76 bits per heavy atom. The number of carbonyl (C=O) groups is 1. The second kappa shape index (κ2) is 6.99. The Morgan fingerprint density at radius 1 is 1.14 bits per heavy atom.